The van der Waals surface area contributed by atoms with Gasteiger partial charge in [0.1, 0.15) is 6.33 Å². The number of benzene rings is 2. The Morgan fingerprint density at radius 1 is 1.10 bits per heavy atom. The molecule has 1 saturated heterocycles. The van der Waals surface area contributed by atoms with Crippen molar-refractivity contribution in [1.82, 2.24) is 19.8 Å². The monoisotopic (exact) mass is 552 g/mol. The van der Waals surface area contributed by atoms with E-state index >= 15 is 0 Å². The minimum Gasteiger partial charge on any atom is -0.322 e. The molecule has 0 aliphatic carbocycles. The number of alkyl halides is 3. The van der Waals surface area contributed by atoms with Crippen LogP contribution in [0.25, 0.3) is 6.08 Å². The van der Waals surface area contributed by atoms with Crippen molar-refractivity contribution in [2.24, 2.45) is 0 Å². The summed E-state index contributed by atoms with van der Waals surface area (Å²) in [5, 5.41) is 5.38. The second-order valence-corrected chi connectivity index (χ2v) is 9.99. The zero-order valence-electron chi connectivity index (χ0n) is 22.5. The molecule has 1 aliphatic heterocycles. The van der Waals surface area contributed by atoms with E-state index in [1.807, 2.05) is 19.0 Å². The standard InChI is InChI=1S/C29H31F3N6O2/c1-19-4-8-23(13-26(19)36-27(39)9-5-20-14-33-18-34-15-20)35-28(40)21-6-7-22(25(12-21)29(30,31)32)16-38-11-10-24(17-38)37(2)3/h4-9,12-15,18,24H,10-11,16-17H2,1-3H3,(H,35,40)(H,36,39)/t24-/m0/s1. The van der Waals surface area contributed by atoms with Gasteiger partial charge in [-0.2, -0.15) is 13.2 Å². The fourth-order valence-electron chi connectivity index (χ4n) is 4.52. The molecule has 0 saturated carbocycles. The van der Waals surface area contributed by atoms with E-state index in [-0.39, 0.29) is 17.7 Å². The Morgan fingerprint density at radius 2 is 1.85 bits per heavy atom. The number of anilines is 2. The highest BCUT2D eigenvalue weighted by molar-refractivity contribution is 6.06. The number of hydrogen-bond acceptors (Lipinski definition) is 6. The van der Waals surface area contributed by atoms with Crippen LogP contribution in [0.3, 0.4) is 0 Å². The summed E-state index contributed by atoms with van der Waals surface area (Å²) in [5.41, 5.74) is 1.38. The Morgan fingerprint density at radius 3 is 2.52 bits per heavy atom. The molecule has 1 atom stereocenters. The van der Waals surface area contributed by atoms with E-state index in [9.17, 15) is 22.8 Å². The van der Waals surface area contributed by atoms with Crippen molar-refractivity contribution in [1.29, 1.82) is 0 Å². The maximum absolute atomic E-state index is 14.0. The molecule has 2 amide bonds. The number of rotatable bonds is 8. The molecule has 4 rings (SSSR count). The fraction of sp³-hybridized carbons (Fsp3) is 0.310. The van der Waals surface area contributed by atoms with Crippen molar-refractivity contribution in [2.75, 3.05) is 37.8 Å². The van der Waals surface area contributed by atoms with E-state index in [0.717, 1.165) is 18.1 Å². The molecule has 2 aromatic carbocycles. The van der Waals surface area contributed by atoms with E-state index in [1.54, 1.807) is 43.6 Å². The summed E-state index contributed by atoms with van der Waals surface area (Å²) >= 11 is 0. The third kappa shape index (κ3) is 7.51. The van der Waals surface area contributed by atoms with Gasteiger partial charge in [-0.15, -0.1) is 0 Å². The first-order valence-corrected chi connectivity index (χ1v) is 12.7. The van der Waals surface area contributed by atoms with Gasteiger partial charge in [-0.25, -0.2) is 9.97 Å². The smallest absolute Gasteiger partial charge is 0.322 e. The summed E-state index contributed by atoms with van der Waals surface area (Å²) < 4.78 is 41.9. The average Bonchev–Trinajstić information content (AvgIpc) is 3.38. The predicted octanol–water partition coefficient (Wildman–Crippen LogP) is 4.84. The van der Waals surface area contributed by atoms with Crippen molar-refractivity contribution in [3.05, 3.63) is 89.0 Å². The normalized spacial score (nSPS) is 16.0. The topological polar surface area (TPSA) is 90.5 Å². The minimum absolute atomic E-state index is 0.108. The van der Waals surface area contributed by atoms with Crippen LogP contribution in [0.1, 0.15) is 39.0 Å². The van der Waals surface area contributed by atoms with Gasteiger partial charge in [-0.3, -0.25) is 14.5 Å². The van der Waals surface area contributed by atoms with Gasteiger partial charge in [-0.1, -0.05) is 12.1 Å². The van der Waals surface area contributed by atoms with Crippen molar-refractivity contribution in [2.45, 2.75) is 32.1 Å². The minimum atomic E-state index is -4.60. The van der Waals surface area contributed by atoms with Gasteiger partial charge in [0.2, 0.25) is 5.91 Å². The molecule has 1 aliphatic rings. The lowest BCUT2D eigenvalue weighted by Gasteiger charge is -2.22. The van der Waals surface area contributed by atoms with Gasteiger partial charge in [0, 0.05) is 66.6 Å². The number of likely N-dealkylation sites (N-methyl/N-ethyl adjacent to an activating group) is 1. The molecule has 1 aromatic heterocycles. The number of carbonyl (C=O) groups excluding carboxylic acids is 2. The number of aromatic nitrogens is 2. The molecule has 2 heterocycles. The van der Waals surface area contributed by atoms with Crippen LogP contribution in [0, 0.1) is 6.92 Å². The van der Waals surface area contributed by atoms with Crippen LogP contribution in [0.15, 0.2) is 61.2 Å². The SMILES string of the molecule is Cc1ccc(NC(=O)c2ccc(CN3CC[C@H](N(C)C)C3)c(C(F)(F)F)c2)cc1NC(=O)C=Cc1cncnc1. The lowest BCUT2D eigenvalue weighted by atomic mass is 10.0. The van der Waals surface area contributed by atoms with E-state index < -0.39 is 23.6 Å². The number of halogens is 3. The molecular weight excluding hydrogens is 521 g/mol. The molecule has 1 fully saturated rings. The number of aryl methyl sites for hydroxylation is 1. The molecule has 210 valence electrons. The molecule has 0 radical (unpaired) electrons. The highest BCUT2D eigenvalue weighted by Crippen LogP contribution is 2.34. The highest BCUT2D eigenvalue weighted by Gasteiger charge is 2.35. The third-order valence-electron chi connectivity index (χ3n) is 6.81. The molecule has 11 heteroatoms. The molecule has 2 N–H and O–H groups in total. The highest BCUT2D eigenvalue weighted by atomic mass is 19.4. The van der Waals surface area contributed by atoms with E-state index in [4.69, 9.17) is 0 Å². The Labute approximate surface area is 230 Å². The van der Waals surface area contributed by atoms with Crippen LogP contribution in [-0.4, -0.2) is 64.8 Å². The van der Waals surface area contributed by atoms with E-state index in [2.05, 4.69) is 25.5 Å². The van der Waals surface area contributed by atoms with Crippen molar-refractivity contribution < 1.29 is 22.8 Å². The number of hydrogen-bond donors (Lipinski definition) is 2. The molecule has 3 aromatic rings. The number of amides is 2. The molecule has 8 nitrogen and oxygen atoms in total. The zero-order chi connectivity index (χ0) is 28.9. The van der Waals surface area contributed by atoms with Crippen LogP contribution in [0.4, 0.5) is 24.5 Å². The number of carbonyl (C=O) groups is 2. The second-order valence-electron chi connectivity index (χ2n) is 9.99. The summed E-state index contributed by atoms with van der Waals surface area (Å²) in [7, 11) is 3.93. The third-order valence-corrected chi connectivity index (χ3v) is 6.81. The fourth-order valence-corrected chi connectivity index (χ4v) is 4.52. The van der Waals surface area contributed by atoms with Gasteiger partial charge in [0.25, 0.3) is 5.91 Å². The summed E-state index contributed by atoms with van der Waals surface area (Å²) in [5.74, 6) is -1.09. The molecule has 0 spiro atoms. The van der Waals surface area contributed by atoms with Crippen molar-refractivity contribution in [3.8, 4) is 0 Å². The van der Waals surface area contributed by atoms with E-state index in [1.165, 1.54) is 24.5 Å². The van der Waals surface area contributed by atoms with Gasteiger partial charge < -0.3 is 15.5 Å². The summed E-state index contributed by atoms with van der Waals surface area (Å²) in [6.07, 6.45) is 3.67. The van der Waals surface area contributed by atoms with Gasteiger partial charge in [-0.05, 0) is 68.9 Å². The van der Waals surface area contributed by atoms with Crippen LogP contribution in [0.5, 0.6) is 0 Å². The number of nitrogens with one attached hydrogen (secondary N) is 2. The van der Waals surface area contributed by atoms with Gasteiger partial charge in [0.05, 0.1) is 5.56 Å². The Kier molecular flexibility index (Phi) is 8.96. The Balaban J connectivity index is 1.46. The molecule has 40 heavy (non-hydrogen) atoms. The van der Waals surface area contributed by atoms with Crippen LogP contribution in [-0.2, 0) is 17.5 Å². The summed E-state index contributed by atoms with van der Waals surface area (Å²) in [6, 6.07) is 8.87. The second kappa shape index (κ2) is 12.4. The maximum Gasteiger partial charge on any atom is 0.416 e. The number of nitrogens with zero attached hydrogens (tertiary/aromatic N) is 4. The van der Waals surface area contributed by atoms with Crippen molar-refractivity contribution in [3.63, 3.8) is 0 Å². The summed E-state index contributed by atoms with van der Waals surface area (Å²) in [4.78, 5) is 37.2. The van der Waals surface area contributed by atoms with Gasteiger partial charge in [0.15, 0.2) is 0 Å². The molecular formula is C29H31F3N6O2. The lowest BCUT2D eigenvalue weighted by Crippen LogP contribution is -2.31. The first kappa shape index (κ1) is 28.9. The zero-order valence-corrected chi connectivity index (χ0v) is 22.5. The molecule has 0 bridgehead atoms. The maximum atomic E-state index is 14.0. The Bertz CT molecular complexity index is 1390. The first-order chi connectivity index (χ1) is 19.0. The number of likely N-dealkylation sites (tertiary alicyclic amines) is 1. The van der Waals surface area contributed by atoms with Gasteiger partial charge >= 0.3 is 6.18 Å². The molecule has 0 unspecified atom stereocenters. The Hall–Kier alpha value is -4.09. The quantitative estimate of drug-likeness (QED) is 0.389. The van der Waals surface area contributed by atoms with Crippen LogP contribution in [0.2, 0.25) is 0 Å². The average molecular weight is 553 g/mol. The van der Waals surface area contributed by atoms with Crippen LogP contribution >= 0.6 is 0 Å². The summed E-state index contributed by atoms with van der Waals surface area (Å²) in [6.45, 7) is 3.35. The largest absolute Gasteiger partial charge is 0.416 e. The lowest BCUT2D eigenvalue weighted by molar-refractivity contribution is -0.138. The van der Waals surface area contributed by atoms with Crippen LogP contribution < -0.4 is 10.6 Å². The van der Waals surface area contributed by atoms with E-state index in [0.29, 0.717) is 36.1 Å². The first-order valence-electron chi connectivity index (χ1n) is 12.7. The van der Waals surface area contributed by atoms with Crippen molar-refractivity contribution >= 4 is 29.3 Å². The predicted molar refractivity (Wildman–Crippen MR) is 148 cm³/mol.